The third kappa shape index (κ3) is 5.09. The van der Waals surface area contributed by atoms with E-state index in [4.69, 9.17) is 11.6 Å². The van der Waals surface area contributed by atoms with Crippen LogP contribution in [0, 0.1) is 11.3 Å². The van der Waals surface area contributed by atoms with Gasteiger partial charge in [-0.05, 0) is 61.9 Å². The number of aliphatic hydroxyl groups is 1. The third-order valence-corrected chi connectivity index (χ3v) is 5.47. The molecule has 5 heteroatoms. The van der Waals surface area contributed by atoms with Crippen molar-refractivity contribution in [2.45, 2.75) is 46.1 Å². The molecule has 1 fully saturated rings. The van der Waals surface area contributed by atoms with Gasteiger partial charge in [0, 0.05) is 29.2 Å². The van der Waals surface area contributed by atoms with E-state index in [0.29, 0.717) is 5.92 Å². The first-order chi connectivity index (χ1) is 12.5. The number of piperidine rings is 1. The molecule has 1 aliphatic rings. The largest absolute Gasteiger partial charge is 0.396 e. The highest BCUT2D eigenvalue weighted by atomic mass is 35.5. The van der Waals surface area contributed by atoms with Gasteiger partial charge in [-0.2, -0.15) is 5.10 Å². The molecule has 0 unspecified atom stereocenters. The van der Waals surface area contributed by atoms with Crippen molar-refractivity contribution in [1.82, 2.24) is 15.1 Å². The van der Waals surface area contributed by atoms with E-state index in [2.05, 4.69) is 41.1 Å². The van der Waals surface area contributed by atoms with Gasteiger partial charge < -0.3 is 5.11 Å². The van der Waals surface area contributed by atoms with Gasteiger partial charge in [-0.3, -0.25) is 10.00 Å². The Balaban J connectivity index is 1.65. The molecule has 2 aromatic rings. The monoisotopic (exact) mass is 375 g/mol. The minimum absolute atomic E-state index is 0.0935. The highest BCUT2D eigenvalue weighted by molar-refractivity contribution is 6.30. The van der Waals surface area contributed by atoms with Gasteiger partial charge in [0.2, 0.25) is 0 Å². The Hall–Kier alpha value is -1.36. The predicted octanol–water partition coefficient (Wildman–Crippen LogP) is 4.08. The molecule has 1 aliphatic heterocycles. The van der Waals surface area contributed by atoms with Crippen molar-refractivity contribution in [2.24, 2.45) is 11.3 Å². The van der Waals surface area contributed by atoms with Crippen LogP contribution in [0.4, 0.5) is 0 Å². The molecule has 1 saturated heterocycles. The number of likely N-dealkylation sites (tertiary alicyclic amines) is 1. The van der Waals surface area contributed by atoms with Crippen LogP contribution in [0.3, 0.4) is 0 Å². The van der Waals surface area contributed by atoms with E-state index in [1.807, 2.05) is 18.2 Å². The minimum Gasteiger partial charge on any atom is -0.396 e. The second-order valence-corrected chi connectivity index (χ2v) is 8.70. The number of aromatic amines is 1. The van der Waals surface area contributed by atoms with Crippen molar-refractivity contribution in [3.63, 3.8) is 0 Å². The lowest BCUT2D eigenvalue weighted by atomic mass is 9.75. The number of nitrogens with zero attached hydrogens (tertiary/aromatic N) is 2. The average Bonchev–Trinajstić information content (AvgIpc) is 3.01. The summed E-state index contributed by atoms with van der Waals surface area (Å²) in [6.07, 6.45) is 4.02. The van der Waals surface area contributed by atoms with Gasteiger partial charge in [0.25, 0.3) is 0 Å². The molecule has 0 amide bonds. The molecule has 2 heterocycles. The Bertz CT molecular complexity index is 715. The molecule has 1 aromatic carbocycles. The fourth-order valence-electron chi connectivity index (χ4n) is 4.11. The van der Waals surface area contributed by atoms with E-state index in [1.165, 1.54) is 5.56 Å². The molecule has 26 heavy (non-hydrogen) atoms. The fraction of sp³-hybridized carbons (Fsp3) is 0.571. The lowest BCUT2D eigenvalue weighted by molar-refractivity contribution is 0.0283. The van der Waals surface area contributed by atoms with E-state index in [9.17, 15) is 5.11 Å². The normalized spacial score (nSPS) is 21.4. The van der Waals surface area contributed by atoms with Crippen LogP contribution in [0.1, 0.15) is 43.6 Å². The lowest BCUT2D eigenvalue weighted by Crippen LogP contribution is -2.46. The molecule has 3 rings (SSSR count). The Morgan fingerprint density at radius 2 is 2.19 bits per heavy atom. The van der Waals surface area contributed by atoms with Gasteiger partial charge in [0.15, 0.2) is 0 Å². The summed E-state index contributed by atoms with van der Waals surface area (Å²) < 4.78 is 0. The van der Waals surface area contributed by atoms with E-state index >= 15 is 0 Å². The van der Waals surface area contributed by atoms with Crippen LogP contribution in [-0.4, -0.2) is 39.9 Å². The molecule has 142 valence electrons. The summed E-state index contributed by atoms with van der Waals surface area (Å²) in [6, 6.07) is 10.2. The first-order valence-electron chi connectivity index (χ1n) is 9.59. The number of H-pyrrole nitrogens is 1. The second kappa shape index (κ2) is 8.55. The van der Waals surface area contributed by atoms with Crippen molar-refractivity contribution in [1.29, 1.82) is 0 Å². The first kappa shape index (κ1) is 19.4. The molecule has 4 nitrogen and oxygen atoms in total. The quantitative estimate of drug-likeness (QED) is 0.766. The van der Waals surface area contributed by atoms with Gasteiger partial charge in [-0.15, -0.1) is 0 Å². The summed E-state index contributed by atoms with van der Waals surface area (Å²) in [4.78, 5) is 2.44. The number of aliphatic hydroxyl groups excluding tert-OH is 1. The van der Waals surface area contributed by atoms with Crippen molar-refractivity contribution in [3.05, 3.63) is 52.3 Å². The van der Waals surface area contributed by atoms with E-state index in [0.717, 1.165) is 61.7 Å². The van der Waals surface area contributed by atoms with Gasteiger partial charge in [-0.25, -0.2) is 0 Å². The molecule has 2 N–H and O–H groups in total. The zero-order valence-electron chi connectivity index (χ0n) is 15.8. The van der Waals surface area contributed by atoms with Crippen LogP contribution in [-0.2, 0) is 19.4 Å². The molecule has 0 radical (unpaired) electrons. The molecule has 0 spiro atoms. The van der Waals surface area contributed by atoms with Gasteiger partial charge in [0.05, 0.1) is 12.3 Å². The van der Waals surface area contributed by atoms with Crippen LogP contribution in [0.25, 0.3) is 0 Å². The maximum absolute atomic E-state index is 10.2. The minimum atomic E-state index is -0.0935. The van der Waals surface area contributed by atoms with E-state index < -0.39 is 0 Å². The van der Waals surface area contributed by atoms with Gasteiger partial charge in [0.1, 0.15) is 0 Å². The standard InChI is InChI=1S/C21H30ClN3O/c1-16(2)9-19-11-20(24-23-19)13-25-8-4-7-21(14-25,15-26)12-17-5-3-6-18(22)10-17/h3,5-6,10-11,16,26H,4,7-9,12-15H2,1-2H3,(H,23,24)/t21-/m0/s1. The number of hydrogen-bond acceptors (Lipinski definition) is 3. The maximum atomic E-state index is 10.2. The molecular formula is C21H30ClN3O. The van der Waals surface area contributed by atoms with Crippen LogP contribution in [0.15, 0.2) is 30.3 Å². The summed E-state index contributed by atoms with van der Waals surface area (Å²) in [5.74, 6) is 0.612. The predicted molar refractivity (Wildman–Crippen MR) is 106 cm³/mol. The van der Waals surface area contributed by atoms with Crippen LogP contribution in [0.2, 0.25) is 5.02 Å². The second-order valence-electron chi connectivity index (χ2n) is 8.26. The zero-order valence-corrected chi connectivity index (χ0v) is 16.6. The maximum Gasteiger partial charge on any atom is 0.0628 e. The average molecular weight is 376 g/mol. The topological polar surface area (TPSA) is 52.1 Å². The molecule has 0 saturated carbocycles. The highest BCUT2D eigenvalue weighted by Gasteiger charge is 2.35. The smallest absolute Gasteiger partial charge is 0.0628 e. The summed E-state index contributed by atoms with van der Waals surface area (Å²) in [5.41, 5.74) is 3.41. The van der Waals surface area contributed by atoms with Gasteiger partial charge in [-0.1, -0.05) is 37.6 Å². The Labute approximate surface area is 161 Å². The Morgan fingerprint density at radius 3 is 2.92 bits per heavy atom. The molecule has 1 aromatic heterocycles. The molecule has 1 atom stereocenters. The van der Waals surface area contributed by atoms with Crippen molar-refractivity contribution >= 4 is 11.6 Å². The van der Waals surface area contributed by atoms with Crippen LogP contribution < -0.4 is 0 Å². The first-order valence-corrected chi connectivity index (χ1v) is 9.97. The summed E-state index contributed by atoms with van der Waals surface area (Å²) in [6.45, 7) is 7.46. The molecule has 0 aliphatic carbocycles. The Kier molecular flexibility index (Phi) is 6.38. The number of aromatic nitrogens is 2. The number of hydrogen-bond donors (Lipinski definition) is 2. The SMILES string of the molecule is CC(C)Cc1cc(CN2CCC[C@](CO)(Cc3cccc(Cl)c3)C2)[nH]n1. The molecule has 0 bridgehead atoms. The summed E-state index contributed by atoms with van der Waals surface area (Å²) in [5, 5.41) is 18.6. The van der Waals surface area contributed by atoms with Crippen molar-refractivity contribution < 1.29 is 5.11 Å². The van der Waals surface area contributed by atoms with Crippen LogP contribution >= 0.6 is 11.6 Å². The number of benzene rings is 1. The summed E-state index contributed by atoms with van der Waals surface area (Å²) in [7, 11) is 0. The highest BCUT2D eigenvalue weighted by Crippen LogP contribution is 2.34. The number of nitrogens with one attached hydrogen (secondary N) is 1. The van der Waals surface area contributed by atoms with Crippen molar-refractivity contribution in [2.75, 3.05) is 19.7 Å². The zero-order chi connectivity index (χ0) is 18.6. The number of rotatable bonds is 7. The lowest BCUT2D eigenvalue weighted by Gasteiger charge is -2.42. The van der Waals surface area contributed by atoms with Crippen LogP contribution in [0.5, 0.6) is 0 Å². The Morgan fingerprint density at radius 1 is 1.35 bits per heavy atom. The summed E-state index contributed by atoms with van der Waals surface area (Å²) >= 11 is 6.14. The molecular weight excluding hydrogens is 346 g/mol. The fourth-order valence-corrected chi connectivity index (χ4v) is 4.32. The number of halogens is 1. The van der Waals surface area contributed by atoms with E-state index in [-0.39, 0.29) is 12.0 Å². The van der Waals surface area contributed by atoms with Crippen molar-refractivity contribution in [3.8, 4) is 0 Å². The van der Waals surface area contributed by atoms with Gasteiger partial charge >= 0.3 is 0 Å². The third-order valence-electron chi connectivity index (χ3n) is 5.24. The van der Waals surface area contributed by atoms with E-state index in [1.54, 1.807) is 0 Å².